The van der Waals surface area contributed by atoms with E-state index in [0.29, 0.717) is 6.07 Å². The fourth-order valence-corrected chi connectivity index (χ4v) is 0.909. The minimum Gasteiger partial charge on any atom is -0.258 e. The zero-order chi connectivity index (χ0) is 12.9. The van der Waals surface area contributed by atoms with Crippen LogP contribution < -0.4 is 0 Å². The Hall–Kier alpha value is -1.66. The molecule has 0 saturated heterocycles. The van der Waals surface area contributed by atoms with Crippen LogP contribution in [0.15, 0.2) is 12.3 Å². The molecule has 0 aliphatic carbocycles. The summed E-state index contributed by atoms with van der Waals surface area (Å²) >= 11 is 0. The summed E-state index contributed by atoms with van der Waals surface area (Å²) in [6, 6.07) is 0.475. The number of hydrogen-bond donors (Lipinski definition) is 0. The lowest BCUT2D eigenvalue weighted by Crippen LogP contribution is -2.09. The quantitative estimate of drug-likeness (QED) is 0.555. The molecule has 0 aromatic carbocycles. The van der Waals surface area contributed by atoms with Crippen LogP contribution in [0.1, 0.15) is 25.1 Å². The molecular weight excluding hydrogens is 225 g/mol. The van der Waals surface area contributed by atoms with Gasteiger partial charge in [0.1, 0.15) is 6.20 Å². The fraction of sp³-hybridized carbons (Fsp3) is 0.444. The number of aryl methyl sites for hydroxylation is 1. The molecule has 0 fully saturated rings. The lowest BCUT2D eigenvalue weighted by molar-refractivity contribution is -0.385. The molecule has 1 aromatic rings. The lowest BCUT2D eigenvalue weighted by Gasteiger charge is -2.07. The Balaban J connectivity index is 0.00000106. The number of halogens is 3. The number of aromatic nitrogens is 1. The van der Waals surface area contributed by atoms with Gasteiger partial charge < -0.3 is 0 Å². The van der Waals surface area contributed by atoms with Crippen LogP contribution in [0.2, 0.25) is 0 Å². The van der Waals surface area contributed by atoms with Crippen LogP contribution in [0.25, 0.3) is 0 Å². The van der Waals surface area contributed by atoms with Crippen molar-refractivity contribution in [3.8, 4) is 0 Å². The molecule has 0 radical (unpaired) electrons. The molecule has 0 aliphatic rings. The van der Waals surface area contributed by atoms with Crippen LogP contribution in [-0.2, 0) is 6.18 Å². The number of nitro groups is 1. The summed E-state index contributed by atoms with van der Waals surface area (Å²) in [6.45, 7) is 5.15. The molecule has 7 heteroatoms. The van der Waals surface area contributed by atoms with Crippen molar-refractivity contribution < 1.29 is 18.1 Å². The van der Waals surface area contributed by atoms with Crippen molar-refractivity contribution in [2.24, 2.45) is 0 Å². The summed E-state index contributed by atoms with van der Waals surface area (Å²) in [6.07, 6.45) is -3.81. The summed E-state index contributed by atoms with van der Waals surface area (Å²) in [5.41, 5.74) is -2.02. The van der Waals surface area contributed by atoms with E-state index < -0.39 is 22.4 Å². The fourth-order valence-electron chi connectivity index (χ4n) is 0.909. The minimum atomic E-state index is -4.61. The highest BCUT2D eigenvalue weighted by atomic mass is 19.4. The number of pyridine rings is 1. The van der Waals surface area contributed by atoms with Gasteiger partial charge in [-0.25, -0.2) is 0 Å². The zero-order valence-corrected chi connectivity index (χ0v) is 9.00. The van der Waals surface area contributed by atoms with E-state index in [1.807, 2.05) is 13.8 Å². The predicted octanol–water partition coefficient (Wildman–Crippen LogP) is 3.34. The van der Waals surface area contributed by atoms with Crippen molar-refractivity contribution in [2.75, 3.05) is 0 Å². The maximum absolute atomic E-state index is 12.2. The van der Waals surface area contributed by atoms with Crippen LogP contribution in [0.4, 0.5) is 18.9 Å². The second-order valence-corrected chi connectivity index (χ2v) is 2.58. The van der Waals surface area contributed by atoms with E-state index in [1.54, 1.807) is 0 Å². The molecule has 1 rings (SSSR count). The molecule has 1 aromatic heterocycles. The van der Waals surface area contributed by atoms with Gasteiger partial charge in [-0.2, -0.15) is 13.2 Å². The predicted molar refractivity (Wildman–Crippen MR) is 52.0 cm³/mol. The molecule has 16 heavy (non-hydrogen) atoms. The van der Waals surface area contributed by atoms with Crippen LogP contribution in [-0.4, -0.2) is 9.91 Å². The Kier molecular flexibility index (Phi) is 4.87. The molecule has 0 amide bonds. The van der Waals surface area contributed by atoms with Gasteiger partial charge in [0.05, 0.1) is 10.5 Å². The average molecular weight is 236 g/mol. The van der Waals surface area contributed by atoms with Crippen molar-refractivity contribution in [2.45, 2.75) is 26.9 Å². The third-order valence-electron chi connectivity index (χ3n) is 1.59. The van der Waals surface area contributed by atoms with E-state index >= 15 is 0 Å². The Morgan fingerprint density at radius 2 is 1.88 bits per heavy atom. The van der Waals surface area contributed by atoms with Crippen molar-refractivity contribution in [1.82, 2.24) is 4.98 Å². The first-order valence-electron chi connectivity index (χ1n) is 4.50. The number of alkyl halides is 3. The van der Waals surface area contributed by atoms with Gasteiger partial charge in [-0.1, -0.05) is 13.8 Å². The Labute approximate surface area is 90.3 Å². The lowest BCUT2D eigenvalue weighted by atomic mass is 10.2. The SMILES string of the molecule is CC.Cc1ncc([N+](=O)[O-])cc1C(F)(F)F. The van der Waals surface area contributed by atoms with Gasteiger partial charge in [-0.05, 0) is 6.92 Å². The second-order valence-electron chi connectivity index (χ2n) is 2.58. The highest BCUT2D eigenvalue weighted by Gasteiger charge is 2.34. The largest absolute Gasteiger partial charge is 0.418 e. The van der Waals surface area contributed by atoms with E-state index in [9.17, 15) is 23.3 Å². The molecule has 90 valence electrons. The van der Waals surface area contributed by atoms with Gasteiger partial charge in [0.2, 0.25) is 0 Å². The van der Waals surface area contributed by atoms with E-state index in [2.05, 4.69) is 4.98 Å². The Morgan fingerprint density at radius 3 is 2.25 bits per heavy atom. The molecule has 0 N–H and O–H groups in total. The van der Waals surface area contributed by atoms with Gasteiger partial charge in [-0.3, -0.25) is 15.1 Å². The van der Waals surface area contributed by atoms with E-state index in [-0.39, 0.29) is 5.69 Å². The first kappa shape index (κ1) is 14.3. The van der Waals surface area contributed by atoms with E-state index in [0.717, 1.165) is 13.1 Å². The van der Waals surface area contributed by atoms with Crippen molar-refractivity contribution in [3.63, 3.8) is 0 Å². The van der Waals surface area contributed by atoms with Gasteiger partial charge in [0, 0.05) is 11.8 Å². The summed E-state index contributed by atoms with van der Waals surface area (Å²) < 4.78 is 36.7. The third-order valence-corrected chi connectivity index (χ3v) is 1.59. The molecule has 0 bridgehead atoms. The van der Waals surface area contributed by atoms with Crippen LogP contribution >= 0.6 is 0 Å². The van der Waals surface area contributed by atoms with Gasteiger partial charge in [0.25, 0.3) is 5.69 Å². The maximum Gasteiger partial charge on any atom is 0.418 e. The van der Waals surface area contributed by atoms with E-state index in [1.165, 1.54) is 0 Å². The zero-order valence-electron chi connectivity index (χ0n) is 9.00. The van der Waals surface area contributed by atoms with E-state index in [4.69, 9.17) is 0 Å². The first-order valence-corrected chi connectivity index (χ1v) is 4.50. The highest BCUT2D eigenvalue weighted by Crippen LogP contribution is 2.32. The van der Waals surface area contributed by atoms with Crippen molar-refractivity contribution in [1.29, 1.82) is 0 Å². The average Bonchev–Trinajstić information content (AvgIpc) is 2.19. The normalized spacial score (nSPS) is 10.4. The Bertz CT molecular complexity index is 378. The molecule has 0 aliphatic heterocycles. The molecular formula is C9H11F3N2O2. The number of rotatable bonds is 1. The molecule has 0 spiro atoms. The number of nitrogens with zero attached hydrogens (tertiary/aromatic N) is 2. The first-order chi connectivity index (χ1) is 7.32. The van der Waals surface area contributed by atoms with Crippen LogP contribution in [0, 0.1) is 17.0 Å². The molecule has 4 nitrogen and oxygen atoms in total. The molecule has 0 unspecified atom stereocenters. The minimum absolute atomic E-state index is 0.275. The van der Waals surface area contributed by atoms with Crippen LogP contribution in [0.5, 0.6) is 0 Å². The molecule has 0 atom stereocenters. The smallest absolute Gasteiger partial charge is 0.258 e. The summed E-state index contributed by atoms with van der Waals surface area (Å²) in [4.78, 5) is 12.6. The number of hydrogen-bond acceptors (Lipinski definition) is 3. The summed E-state index contributed by atoms with van der Waals surface area (Å²) in [7, 11) is 0. The summed E-state index contributed by atoms with van der Waals surface area (Å²) in [5.74, 6) is 0. The monoisotopic (exact) mass is 236 g/mol. The summed E-state index contributed by atoms with van der Waals surface area (Å²) in [5, 5.41) is 10.2. The van der Waals surface area contributed by atoms with Gasteiger partial charge in [-0.15, -0.1) is 0 Å². The van der Waals surface area contributed by atoms with Crippen molar-refractivity contribution >= 4 is 5.69 Å². The third kappa shape index (κ3) is 3.48. The highest BCUT2D eigenvalue weighted by molar-refractivity contribution is 5.35. The standard InChI is InChI=1S/C7H5F3N2O2.C2H6/c1-4-6(7(8,9)10)2-5(3-11-4)12(13)14;1-2/h2-3H,1H3;1-2H3. The molecule has 1 heterocycles. The second kappa shape index (κ2) is 5.43. The topological polar surface area (TPSA) is 56.0 Å². The van der Waals surface area contributed by atoms with Crippen molar-refractivity contribution in [3.05, 3.63) is 33.6 Å². The molecule has 0 saturated carbocycles. The van der Waals surface area contributed by atoms with Crippen LogP contribution in [0.3, 0.4) is 0 Å². The van der Waals surface area contributed by atoms with Gasteiger partial charge in [0.15, 0.2) is 0 Å². The maximum atomic E-state index is 12.2. The van der Waals surface area contributed by atoms with Gasteiger partial charge >= 0.3 is 6.18 Å². The Morgan fingerprint density at radius 1 is 1.38 bits per heavy atom.